The summed E-state index contributed by atoms with van der Waals surface area (Å²) in [6, 6.07) is 38.1. The minimum absolute atomic E-state index is 0. The molecule has 11 heteroatoms. The van der Waals surface area contributed by atoms with E-state index in [1.807, 2.05) is 24.3 Å². The van der Waals surface area contributed by atoms with Crippen molar-refractivity contribution in [1.82, 2.24) is 9.74 Å². The number of nitrogens with two attached hydrogens (primary N) is 1. The molecule has 6 aromatic rings. The number of hydrogen-bond donors (Lipinski definition) is 2. The Hall–Kier alpha value is -5.42. The van der Waals surface area contributed by atoms with Crippen LogP contribution in [0.25, 0.3) is 0 Å². The molecule has 0 aromatic heterocycles. The van der Waals surface area contributed by atoms with Crippen molar-refractivity contribution in [3.05, 3.63) is 214 Å². The fraction of sp³-hybridized carbons (Fsp3) is 0.245. The summed E-state index contributed by atoms with van der Waals surface area (Å²) >= 11 is 5.84. The van der Waals surface area contributed by atoms with Crippen LogP contribution in [0, 0.1) is 34.9 Å². The first-order valence-corrected chi connectivity index (χ1v) is 19.1. The molecule has 0 aliphatic rings. The molecular weight excluding hydrogens is 796 g/mol. The van der Waals surface area contributed by atoms with E-state index in [1.165, 1.54) is 72.8 Å². The maximum absolute atomic E-state index is 13.4. The standard InChI is InChI=1S/C16H16ClF2N.C16H15F2NO.C15H15F2N.2CH4/c1-20(17)9-8-16(12-4-2-6-14(18)10-12)13-5-3-7-15(19)11-13;17-14-5-1-3-12(9-14)16(7-8-19-11-20)13-4-2-6-15(18)10-13;16-13-5-1-3-11(9-13)15(7-8-18)12-4-2-6-14(17)10-12;;/h2-7,10-11,16H,8-9H2,1H3;1-6,9-11,16H,7-8H2,(H,19,20);1-6,9-10,15H,7-8,18H2;2*1H4. The zero-order valence-corrected chi connectivity index (χ0v) is 32.7. The third-order valence-electron chi connectivity index (χ3n) is 9.35. The lowest BCUT2D eigenvalue weighted by molar-refractivity contribution is -0.109. The molecule has 0 heterocycles. The number of halogens is 7. The lowest BCUT2D eigenvalue weighted by Gasteiger charge is -2.19. The molecule has 0 aliphatic heterocycles. The van der Waals surface area contributed by atoms with E-state index in [-0.39, 0.29) is 67.5 Å². The van der Waals surface area contributed by atoms with Gasteiger partial charge in [0, 0.05) is 37.9 Å². The number of benzene rings is 6. The van der Waals surface area contributed by atoms with Gasteiger partial charge in [0.2, 0.25) is 6.41 Å². The second-order valence-electron chi connectivity index (χ2n) is 13.5. The molecule has 0 bridgehead atoms. The Morgan fingerprint density at radius 2 is 0.783 bits per heavy atom. The van der Waals surface area contributed by atoms with Gasteiger partial charge in [-0.15, -0.1) is 0 Å². The van der Waals surface area contributed by atoms with E-state index in [2.05, 4.69) is 5.32 Å². The second kappa shape index (κ2) is 26.6. The Bertz CT molecular complexity index is 2030. The predicted molar refractivity (Wildman–Crippen MR) is 233 cm³/mol. The van der Waals surface area contributed by atoms with Crippen LogP contribution in [0.15, 0.2) is 146 Å². The van der Waals surface area contributed by atoms with Crippen molar-refractivity contribution < 1.29 is 31.1 Å². The average Bonchev–Trinajstić information content (AvgIpc) is 3.19. The fourth-order valence-corrected chi connectivity index (χ4v) is 6.78. The highest BCUT2D eigenvalue weighted by Crippen LogP contribution is 2.31. The highest BCUT2D eigenvalue weighted by Gasteiger charge is 2.18. The Kier molecular flexibility index (Phi) is 22.5. The molecule has 0 saturated heterocycles. The number of nitrogens with zero attached hydrogens (tertiary/aromatic N) is 1. The molecule has 0 aliphatic carbocycles. The smallest absolute Gasteiger partial charge is 0.207 e. The van der Waals surface area contributed by atoms with Gasteiger partial charge in [-0.05, 0) is 144 Å². The summed E-state index contributed by atoms with van der Waals surface area (Å²) in [7, 11) is 1.76. The zero-order chi connectivity index (χ0) is 41.9. The van der Waals surface area contributed by atoms with E-state index in [0.29, 0.717) is 45.3 Å². The minimum Gasteiger partial charge on any atom is -0.359 e. The van der Waals surface area contributed by atoms with Crippen LogP contribution < -0.4 is 11.1 Å². The van der Waals surface area contributed by atoms with Crippen LogP contribution in [-0.4, -0.2) is 37.5 Å². The highest BCUT2D eigenvalue weighted by molar-refractivity contribution is 6.13. The summed E-state index contributed by atoms with van der Waals surface area (Å²) < 4.78 is 81.6. The van der Waals surface area contributed by atoms with E-state index < -0.39 is 0 Å². The average molecular weight is 850 g/mol. The summed E-state index contributed by atoms with van der Waals surface area (Å²) in [6.45, 7) is 1.54. The van der Waals surface area contributed by atoms with Crippen LogP contribution in [0.4, 0.5) is 26.3 Å². The Labute approximate surface area is 356 Å². The number of carbonyl (C=O) groups excluding carboxylic acids is 1. The van der Waals surface area contributed by atoms with Crippen LogP contribution >= 0.6 is 11.8 Å². The number of hydrogen-bond acceptors (Lipinski definition) is 3. The summed E-state index contributed by atoms with van der Waals surface area (Å²) in [4.78, 5) is 10.3. The van der Waals surface area contributed by atoms with Gasteiger partial charge in [-0.1, -0.05) is 87.6 Å². The number of amides is 1. The van der Waals surface area contributed by atoms with Crippen molar-refractivity contribution in [2.75, 3.05) is 26.7 Å². The normalized spacial score (nSPS) is 10.6. The SMILES string of the molecule is C.C.CN(Cl)CCC(c1cccc(F)c1)c1cccc(F)c1.NCCC(c1cccc(F)c1)c1cccc(F)c1.O=CNCCC(c1cccc(F)c1)c1cccc(F)c1. The Morgan fingerprint density at radius 1 is 0.517 bits per heavy atom. The molecule has 0 radical (unpaired) electrons. The molecule has 0 saturated carbocycles. The summed E-state index contributed by atoms with van der Waals surface area (Å²) in [6.07, 6.45) is 2.54. The number of nitrogens with one attached hydrogen (secondary N) is 1. The molecular formula is C49H54ClF6N3O. The van der Waals surface area contributed by atoms with Gasteiger partial charge in [0.1, 0.15) is 34.9 Å². The van der Waals surface area contributed by atoms with E-state index in [0.717, 1.165) is 33.4 Å². The van der Waals surface area contributed by atoms with Crippen molar-refractivity contribution >= 4 is 18.2 Å². The van der Waals surface area contributed by atoms with Gasteiger partial charge in [0.25, 0.3) is 0 Å². The van der Waals surface area contributed by atoms with Crippen molar-refractivity contribution in [3.63, 3.8) is 0 Å². The molecule has 4 nitrogen and oxygen atoms in total. The van der Waals surface area contributed by atoms with Crippen molar-refractivity contribution in [2.24, 2.45) is 5.73 Å². The van der Waals surface area contributed by atoms with Gasteiger partial charge in [-0.25, -0.2) is 30.8 Å². The predicted octanol–water partition coefficient (Wildman–Crippen LogP) is 12.5. The monoisotopic (exact) mass is 849 g/mol. The molecule has 6 rings (SSSR count). The van der Waals surface area contributed by atoms with E-state index in [1.54, 1.807) is 60.0 Å². The first-order chi connectivity index (χ1) is 28.0. The molecule has 6 aromatic carbocycles. The van der Waals surface area contributed by atoms with E-state index in [4.69, 9.17) is 17.5 Å². The van der Waals surface area contributed by atoms with Gasteiger partial charge in [-0.3, -0.25) is 4.79 Å². The maximum atomic E-state index is 13.4. The zero-order valence-electron chi connectivity index (χ0n) is 32.0. The van der Waals surface area contributed by atoms with Crippen molar-refractivity contribution in [3.8, 4) is 0 Å². The second-order valence-corrected chi connectivity index (χ2v) is 14.1. The topological polar surface area (TPSA) is 58.4 Å². The van der Waals surface area contributed by atoms with E-state index >= 15 is 0 Å². The van der Waals surface area contributed by atoms with Crippen molar-refractivity contribution in [1.29, 1.82) is 0 Å². The first-order valence-electron chi connectivity index (χ1n) is 18.7. The number of rotatable bonds is 15. The molecule has 320 valence electrons. The quantitative estimate of drug-likeness (QED) is 0.0468. The Morgan fingerprint density at radius 3 is 1.02 bits per heavy atom. The molecule has 0 spiro atoms. The molecule has 1 amide bonds. The third-order valence-corrected chi connectivity index (χ3v) is 9.52. The molecule has 0 unspecified atom stereocenters. The van der Waals surface area contributed by atoms with Gasteiger partial charge in [0.15, 0.2) is 0 Å². The lowest BCUT2D eigenvalue weighted by Crippen LogP contribution is -2.16. The van der Waals surface area contributed by atoms with Gasteiger partial charge < -0.3 is 11.1 Å². The maximum Gasteiger partial charge on any atom is 0.207 e. The first kappa shape index (κ1) is 50.7. The van der Waals surface area contributed by atoms with Crippen LogP contribution in [-0.2, 0) is 4.79 Å². The van der Waals surface area contributed by atoms with Crippen LogP contribution in [0.3, 0.4) is 0 Å². The molecule has 0 atom stereocenters. The molecule has 0 fully saturated rings. The van der Waals surface area contributed by atoms with Crippen molar-refractivity contribution in [2.45, 2.75) is 51.9 Å². The van der Waals surface area contributed by atoms with E-state index in [9.17, 15) is 31.1 Å². The Balaban J connectivity index is 0.000000305. The van der Waals surface area contributed by atoms with Crippen LogP contribution in [0.2, 0.25) is 0 Å². The summed E-state index contributed by atoms with van der Waals surface area (Å²) in [5.74, 6) is -2.11. The fourth-order valence-electron chi connectivity index (χ4n) is 6.68. The van der Waals surface area contributed by atoms with Gasteiger partial charge in [0.05, 0.1) is 0 Å². The summed E-state index contributed by atoms with van der Waals surface area (Å²) in [5, 5.41) is 2.58. The highest BCUT2D eigenvalue weighted by atomic mass is 35.5. The van der Waals surface area contributed by atoms with Gasteiger partial charge in [-0.2, -0.15) is 0 Å². The van der Waals surface area contributed by atoms with Crippen LogP contribution in [0.1, 0.15) is 85.3 Å². The summed E-state index contributed by atoms with van der Waals surface area (Å²) in [5.41, 5.74) is 10.4. The third kappa shape index (κ3) is 16.7. The minimum atomic E-state index is -0.327. The largest absolute Gasteiger partial charge is 0.359 e. The molecule has 3 N–H and O–H groups in total. The number of carbonyl (C=O) groups is 1. The van der Waals surface area contributed by atoms with Crippen LogP contribution in [0.5, 0.6) is 0 Å². The lowest BCUT2D eigenvalue weighted by atomic mass is 9.88. The van der Waals surface area contributed by atoms with Gasteiger partial charge >= 0.3 is 0 Å². The molecule has 60 heavy (non-hydrogen) atoms.